The van der Waals surface area contributed by atoms with Crippen molar-refractivity contribution < 1.29 is 14.6 Å². The highest BCUT2D eigenvalue weighted by atomic mass is 19.1. The number of aryl methyl sites for hydroxylation is 1. The van der Waals surface area contributed by atoms with Crippen LogP contribution in [0.3, 0.4) is 0 Å². The maximum Gasteiger partial charge on any atom is 0.123 e. The maximum atomic E-state index is 12.9. The Labute approximate surface area is 102 Å². The Hall–Kier alpha value is -0.930. The van der Waals surface area contributed by atoms with E-state index in [0.717, 1.165) is 11.1 Å². The topological polar surface area (TPSA) is 40.5 Å². The van der Waals surface area contributed by atoms with E-state index in [1.165, 1.54) is 12.1 Å². The summed E-state index contributed by atoms with van der Waals surface area (Å²) < 4.78 is 12.9. The largest absolute Gasteiger partial charge is 0.390 e. The van der Waals surface area contributed by atoms with Gasteiger partial charge >= 0.3 is 0 Å². The van der Waals surface area contributed by atoms with E-state index < -0.39 is 12.2 Å². The van der Waals surface area contributed by atoms with Gasteiger partial charge in [-0.2, -0.15) is 0 Å². The van der Waals surface area contributed by atoms with Crippen LogP contribution in [0, 0.1) is 18.2 Å². The van der Waals surface area contributed by atoms with Gasteiger partial charge in [-0.25, -0.2) is 4.39 Å². The molecule has 0 bridgehead atoms. The Kier molecular flexibility index (Phi) is 4.28. The van der Waals surface area contributed by atoms with Crippen LogP contribution in [0.5, 0.6) is 0 Å². The first kappa shape index (κ1) is 14.1. The minimum absolute atomic E-state index is 0.280. The van der Waals surface area contributed by atoms with Crippen molar-refractivity contribution in [3.05, 3.63) is 35.1 Å². The summed E-state index contributed by atoms with van der Waals surface area (Å²) >= 11 is 0. The molecule has 3 heteroatoms. The summed E-state index contributed by atoms with van der Waals surface area (Å²) in [5.74, 6) is -0.280. The summed E-state index contributed by atoms with van der Waals surface area (Å²) in [7, 11) is 0. The predicted octanol–water partition coefficient (Wildman–Crippen LogP) is 2.44. The second-order valence-electron chi connectivity index (χ2n) is 5.65. The first-order chi connectivity index (χ1) is 7.71. The fraction of sp³-hybridized carbons (Fsp3) is 0.571. The zero-order valence-electron chi connectivity index (χ0n) is 10.9. The molecule has 17 heavy (non-hydrogen) atoms. The van der Waals surface area contributed by atoms with E-state index in [0.29, 0.717) is 6.42 Å². The van der Waals surface area contributed by atoms with Crippen molar-refractivity contribution >= 4 is 0 Å². The van der Waals surface area contributed by atoms with Gasteiger partial charge in [0, 0.05) is 6.42 Å². The standard InChI is InChI=1S/C14H21FO2/c1-9-7-11(15)6-5-10(9)8-12(16)13(17)14(2,3)4/h5-7,12-13,16-17H,8H2,1-4H3. The molecule has 1 aromatic carbocycles. The minimum Gasteiger partial charge on any atom is -0.390 e. The lowest BCUT2D eigenvalue weighted by molar-refractivity contribution is -0.0434. The van der Waals surface area contributed by atoms with E-state index in [1.807, 2.05) is 20.8 Å². The Morgan fingerprint density at radius 2 is 1.82 bits per heavy atom. The predicted molar refractivity (Wildman–Crippen MR) is 66.3 cm³/mol. The second kappa shape index (κ2) is 5.15. The number of hydrogen-bond acceptors (Lipinski definition) is 2. The van der Waals surface area contributed by atoms with Crippen molar-refractivity contribution in [2.45, 2.75) is 46.3 Å². The van der Waals surface area contributed by atoms with E-state index in [1.54, 1.807) is 13.0 Å². The van der Waals surface area contributed by atoms with Crippen LogP contribution in [0.4, 0.5) is 4.39 Å². The second-order valence-corrected chi connectivity index (χ2v) is 5.65. The van der Waals surface area contributed by atoms with Gasteiger partial charge in [-0.1, -0.05) is 26.8 Å². The van der Waals surface area contributed by atoms with Crippen molar-refractivity contribution in [3.8, 4) is 0 Å². The molecule has 2 N–H and O–H groups in total. The van der Waals surface area contributed by atoms with E-state index in [2.05, 4.69) is 0 Å². The van der Waals surface area contributed by atoms with Crippen LogP contribution in [-0.4, -0.2) is 22.4 Å². The normalized spacial score (nSPS) is 15.7. The van der Waals surface area contributed by atoms with Crippen LogP contribution in [0.25, 0.3) is 0 Å². The molecular weight excluding hydrogens is 219 g/mol. The molecule has 1 rings (SSSR count). The van der Waals surface area contributed by atoms with Crippen molar-refractivity contribution in [2.75, 3.05) is 0 Å². The molecule has 0 amide bonds. The molecule has 0 aliphatic carbocycles. The number of hydrogen-bond donors (Lipinski definition) is 2. The Morgan fingerprint density at radius 1 is 1.24 bits per heavy atom. The summed E-state index contributed by atoms with van der Waals surface area (Å²) in [6, 6.07) is 4.47. The molecule has 0 fully saturated rings. The molecule has 2 atom stereocenters. The van der Waals surface area contributed by atoms with E-state index in [4.69, 9.17) is 0 Å². The summed E-state index contributed by atoms with van der Waals surface area (Å²) in [5, 5.41) is 19.9. The smallest absolute Gasteiger partial charge is 0.123 e. The SMILES string of the molecule is Cc1cc(F)ccc1CC(O)C(O)C(C)(C)C. The number of halogens is 1. The zero-order chi connectivity index (χ0) is 13.2. The fourth-order valence-corrected chi connectivity index (χ4v) is 1.80. The summed E-state index contributed by atoms with van der Waals surface area (Å²) in [4.78, 5) is 0. The van der Waals surface area contributed by atoms with Crippen LogP contribution >= 0.6 is 0 Å². The Balaban J connectivity index is 2.78. The quantitative estimate of drug-likeness (QED) is 0.852. The highest BCUT2D eigenvalue weighted by Crippen LogP contribution is 2.24. The molecule has 0 aromatic heterocycles. The van der Waals surface area contributed by atoms with Gasteiger partial charge in [0.25, 0.3) is 0 Å². The van der Waals surface area contributed by atoms with Gasteiger partial charge in [0.2, 0.25) is 0 Å². The van der Waals surface area contributed by atoms with E-state index >= 15 is 0 Å². The van der Waals surface area contributed by atoms with Gasteiger partial charge in [-0.05, 0) is 35.6 Å². The van der Waals surface area contributed by atoms with E-state index in [9.17, 15) is 14.6 Å². The van der Waals surface area contributed by atoms with Crippen LogP contribution in [-0.2, 0) is 6.42 Å². The monoisotopic (exact) mass is 240 g/mol. The van der Waals surface area contributed by atoms with Crippen LogP contribution < -0.4 is 0 Å². The van der Waals surface area contributed by atoms with Crippen molar-refractivity contribution in [1.82, 2.24) is 0 Å². The highest BCUT2D eigenvalue weighted by Gasteiger charge is 2.29. The molecule has 2 unspecified atom stereocenters. The lowest BCUT2D eigenvalue weighted by Gasteiger charge is -2.30. The van der Waals surface area contributed by atoms with E-state index in [-0.39, 0.29) is 11.2 Å². The van der Waals surface area contributed by atoms with Crippen LogP contribution in [0.2, 0.25) is 0 Å². The Bertz CT molecular complexity index is 382. The first-order valence-electron chi connectivity index (χ1n) is 5.83. The third-order valence-corrected chi connectivity index (χ3v) is 2.99. The minimum atomic E-state index is -0.834. The number of aliphatic hydroxyl groups excluding tert-OH is 2. The van der Waals surface area contributed by atoms with Gasteiger partial charge in [0.1, 0.15) is 5.82 Å². The summed E-state index contributed by atoms with van der Waals surface area (Å²) in [5.41, 5.74) is 1.29. The fourth-order valence-electron chi connectivity index (χ4n) is 1.80. The van der Waals surface area contributed by atoms with Gasteiger partial charge in [0.05, 0.1) is 12.2 Å². The molecule has 2 nitrogen and oxygen atoms in total. The average Bonchev–Trinajstić information content (AvgIpc) is 2.19. The number of aliphatic hydroxyl groups is 2. The highest BCUT2D eigenvalue weighted by molar-refractivity contribution is 5.27. The molecule has 0 radical (unpaired) electrons. The molecule has 0 spiro atoms. The molecule has 0 saturated heterocycles. The third-order valence-electron chi connectivity index (χ3n) is 2.99. The lowest BCUT2D eigenvalue weighted by atomic mass is 9.83. The molecule has 0 heterocycles. The van der Waals surface area contributed by atoms with Crippen molar-refractivity contribution in [3.63, 3.8) is 0 Å². The van der Waals surface area contributed by atoms with Gasteiger partial charge < -0.3 is 10.2 Å². The van der Waals surface area contributed by atoms with Crippen LogP contribution in [0.15, 0.2) is 18.2 Å². The van der Waals surface area contributed by atoms with Crippen LogP contribution in [0.1, 0.15) is 31.9 Å². The summed E-state index contributed by atoms with van der Waals surface area (Å²) in [6.07, 6.45) is -1.30. The van der Waals surface area contributed by atoms with Gasteiger partial charge in [0.15, 0.2) is 0 Å². The molecule has 0 aliphatic rings. The molecular formula is C14H21FO2. The first-order valence-corrected chi connectivity index (χ1v) is 5.83. The number of benzene rings is 1. The third kappa shape index (κ3) is 3.79. The van der Waals surface area contributed by atoms with Crippen molar-refractivity contribution in [1.29, 1.82) is 0 Å². The number of rotatable bonds is 3. The molecule has 0 saturated carbocycles. The average molecular weight is 240 g/mol. The van der Waals surface area contributed by atoms with Gasteiger partial charge in [-0.15, -0.1) is 0 Å². The summed E-state index contributed by atoms with van der Waals surface area (Å²) in [6.45, 7) is 7.42. The van der Waals surface area contributed by atoms with Gasteiger partial charge in [-0.3, -0.25) is 0 Å². The maximum absolute atomic E-state index is 12.9. The lowest BCUT2D eigenvalue weighted by Crippen LogP contribution is -2.39. The zero-order valence-corrected chi connectivity index (χ0v) is 10.9. The molecule has 0 aliphatic heterocycles. The Morgan fingerprint density at radius 3 is 2.29 bits per heavy atom. The molecule has 96 valence electrons. The molecule has 1 aromatic rings. The van der Waals surface area contributed by atoms with Crippen molar-refractivity contribution in [2.24, 2.45) is 5.41 Å².